The second-order valence-corrected chi connectivity index (χ2v) is 7.23. The van der Waals surface area contributed by atoms with Gasteiger partial charge in [0.1, 0.15) is 5.15 Å². The Bertz CT molecular complexity index is 1080. The van der Waals surface area contributed by atoms with E-state index in [-0.39, 0.29) is 6.79 Å². The summed E-state index contributed by atoms with van der Waals surface area (Å²) >= 11 is 11.6. The molecule has 0 bridgehead atoms. The molecule has 0 saturated heterocycles. The third kappa shape index (κ3) is 2.82. The normalized spacial score (nSPS) is 16.0. The van der Waals surface area contributed by atoms with Crippen molar-refractivity contribution in [2.45, 2.75) is 19.5 Å². The van der Waals surface area contributed by atoms with Crippen LogP contribution in [0.2, 0.25) is 5.15 Å². The molecular weight excluding hydrogens is 372 g/mol. The number of halogens is 1. The van der Waals surface area contributed by atoms with Crippen molar-refractivity contribution in [1.29, 1.82) is 0 Å². The number of H-pyrrole nitrogens is 1. The van der Waals surface area contributed by atoms with Crippen LogP contribution in [0.4, 0.5) is 0 Å². The monoisotopic (exact) mass is 386 g/mol. The number of pyridine rings is 1. The molecule has 0 atom stereocenters. The zero-order valence-electron chi connectivity index (χ0n) is 13.8. The number of ether oxygens (including phenoxy) is 2. The van der Waals surface area contributed by atoms with Gasteiger partial charge in [-0.3, -0.25) is 4.90 Å². The molecule has 6 nitrogen and oxygen atoms in total. The van der Waals surface area contributed by atoms with Crippen molar-refractivity contribution < 1.29 is 9.47 Å². The van der Waals surface area contributed by atoms with Crippen LogP contribution in [0, 0.1) is 4.77 Å². The fraction of sp³-hybridized carbons (Fsp3) is 0.278. The van der Waals surface area contributed by atoms with Crippen LogP contribution in [-0.4, -0.2) is 33.2 Å². The van der Waals surface area contributed by atoms with Crippen LogP contribution >= 0.6 is 23.8 Å². The number of aromatic amines is 1. The average molecular weight is 387 g/mol. The summed E-state index contributed by atoms with van der Waals surface area (Å²) in [6.45, 7) is 2.71. The van der Waals surface area contributed by atoms with Crippen LogP contribution in [0.5, 0.6) is 11.5 Å². The van der Waals surface area contributed by atoms with E-state index >= 15 is 0 Å². The van der Waals surface area contributed by atoms with Gasteiger partial charge in [0.25, 0.3) is 0 Å². The molecule has 2 aromatic heterocycles. The largest absolute Gasteiger partial charge is 0.454 e. The van der Waals surface area contributed by atoms with Gasteiger partial charge >= 0.3 is 0 Å². The van der Waals surface area contributed by atoms with Crippen LogP contribution in [0.15, 0.2) is 24.4 Å². The number of hydrogen-bond acceptors (Lipinski definition) is 6. The van der Waals surface area contributed by atoms with Crippen molar-refractivity contribution in [3.63, 3.8) is 0 Å². The Labute approximate surface area is 159 Å². The van der Waals surface area contributed by atoms with Crippen LogP contribution in [0.3, 0.4) is 0 Å². The van der Waals surface area contributed by atoms with Gasteiger partial charge in [-0.2, -0.15) is 0 Å². The van der Waals surface area contributed by atoms with E-state index in [0.717, 1.165) is 48.3 Å². The molecule has 0 radical (unpaired) electrons. The Morgan fingerprint density at radius 2 is 2.08 bits per heavy atom. The zero-order valence-corrected chi connectivity index (χ0v) is 15.4. The van der Waals surface area contributed by atoms with Crippen molar-refractivity contribution in [1.82, 2.24) is 19.9 Å². The molecule has 0 unspecified atom stereocenters. The van der Waals surface area contributed by atoms with Gasteiger partial charge in [0.15, 0.2) is 16.3 Å². The molecule has 5 rings (SSSR count). The fourth-order valence-corrected chi connectivity index (χ4v) is 3.86. The first-order chi connectivity index (χ1) is 12.7. The maximum absolute atomic E-state index is 6.45. The number of hydrogen-bond donors (Lipinski definition) is 1. The highest BCUT2D eigenvalue weighted by molar-refractivity contribution is 7.71. The smallest absolute Gasteiger partial charge is 0.231 e. The van der Waals surface area contributed by atoms with Crippen molar-refractivity contribution in [2.24, 2.45) is 0 Å². The molecule has 0 spiro atoms. The van der Waals surface area contributed by atoms with E-state index in [9.17, 15) is 0 Å². The van der Waals surface area contributed by atoms with Gasteiger partial charge in [0.05, 0.1) is 5.52 Å². The molecular formula is C18H15ClN4O2S. The lowest BCUT2D eigenvalue weighted by Gasteiger charge is -2.28. The quantitative estimate of drug-likeness (QED) is 0.536. The van der Waals surface area contributed by atoms with Crippen molar-refractivity contribution in [3.8, 4) is 11.5 Å². The second kappa shape index (κ2) is 6.19. The van der Waals surface area contributed by atoms with Crippen LogP contribution in [0.25, 0.3) is 10.9 Å². The number of rotatable bonds is 2. The number of fused-ring (bicyclic) bond motifs is 3. The predicted octanol–water partition coefficient (Wildman–Crippen LogP) is 3.63. The van der Waals surface area contributed by atoms with Crippen molar-refractivity contribution in [3.05, 3.63) is 51.1 Å². The fourth-order valence-electron chi connectivity index (χ4n) is 3.48. The minimum absolute atomic E-state index is 0.247. The molecule has 2 aliphatic heterocycles. The summed E-state index contributed by atoms with van der Waals surface area (Å²) in [5.41, 5.74) is 4.16. The summed E-state index contributed by atoms with van der Waals surface area (Å²) in [6, 6.07) is 5.91. The molecule has 8 heteroatoms. The Morgan fingerprint density at radius 3 is 2.96 bits per heavy atom. The minimum Gasteiger partial charge on any atom is -0.454 e. The first kappa shape index (κ1) is 16.0. The Kier molecular flexibility index (Phi) is 3.81. The van der Waals surface area contributed by atoms with Gasteiger partial charge in [-0.25, -0.2) is 9.97 Å². The third-order valence-electron chi connectivity index (χ3n) is 4.78. The van der Waals surface area contributed by atoms with Crippen molar-refractivity contribution >= 4 is 34.7 Å². The van der Waals surface area contributed by atoms with E-state index in [1.54, 1.807) is 0 Å². The Hall–Kier alpha value is -2.22. The van der Waals surface area contributed by atoms with Gasteiger partial charge in [-0.15, -0.1) is 0 Å². The lowest BCUT2D eigenvalue weighted by Crippen LogP contribution is -2.31. The third-order valence-corrected chi connectivity index (χ3v) is 5.32. The van der Waals surface area contributed by atoms with E-state index in [2.05, 4.69) is 25.9 Å². The molecule has 0 aliphatic carbocycles. The number of benzene rings is 1. The molecule has 1 aromatic carbocycles. The van der Waals surface area contributed by atoms with Gasteiger partial charge in [0, 0.05) is 60.5 Å². The highest BCUT2D eigenvalue weighted by Gasteiger charge is 2.20. The first-order valence-corrected chi connectivity index (χ1v) is 9.12. The minimum atomic E-state index is 0.247. The molecule has 2 aliphatic rings. The number of nitrogens with one attached hydrogen (secondary N) is 1. The summed E-state index contributed by atoms with van der Waals surface area (Å²) in [6.07, 6.45) is 2.78. The molecule has 0 amide bonds. The standard InChI is InChI=1S/C18H15ClN4O2S/c19-17-11(3-10-4-15-16(25-9-24-15)5-14(10)21-17)7-23-2-1-13-12(8-23)6-20-18(26)22-13/h3-6H,1-2,7-9H2,(H,20,22,26). The SMILES string of the molecule is S=c1ncc2c([nH]1)CCN(Cc1cc3cc4c(cc3nc1Cl)OCO4)C2. The summed E-state index contributed by atoms with van der Waals surface area (Å²) in [4.78, 5) is 14.3. The molecule has 132 valence electrons. The van der Waals surface area contributed by atoms with Crippen LogP contribution in [0.1, 0.15) is 16.8 Å². The molecule has 0 fully saturated rings. The van der Waals surface area contributed by atoms with Crippen LogP contribution < -0.4 is 9.47 Å². The van der Waals surface area contributed by atoms with E-state index < -0.39 is 0 Å². The summed E-state index contributed by atoms with van der Waals surface area (Å²) in [5, 5.41) is 1.52. The Balaban J connectivity index is 1.44. The van der Waals surface area contributed by atoms with Gasteiger partial charge < -0.3 is 14.5 Å². The molecule has 1 N–H and O–H groups in total. The van der Waals surface area contributed by atoms with Gasteiger partial charge in [0.2, 0.25) is 6.79 Å². The summed E-state index contributed by atoms with van der Waals surface area (Å²) < 4.78 is 11.4. The molecule has 3 aromatic rings. The lowest BCUT2D eigenvalue weighted by atomic mass is 10.1. The molecule has 26 heavy (non-hydrogen) atoms. The predicted molar refractivity (Wildman–Crippen MR) is 100 cm³/mol. The van der Waals surface area contributed by atoms with Crippen LogP contribution in [-0.2, 0) is 19.5 Å². The zero-order chi connectivity index (χ0) is 17.7. The Morgan fingerprint density at radius 1 is 1.23 bits per heavy atom. The highest BCUT2D eigenvalue weighted by Crippen LogP contribution is 2.36. The van der Waals surface area contributed by atoms with E-state index in [4.69, 9.17) is 33.3 Å². The number of aromatic nitrogens is 3. The van der Waals surface area contributed by atoms with Crippen molar-refractivity contribution in [2.75, 3.05) is 13.3 Å². The second-order valence-electron chi connectivity index (χ2n) is 6.49. The topological polar surface area (TPSA) is 63.3 Å². The van der Waals surface area contributed by atoms with E-state index in [1.165, 1.54) is 11.3 Å². The highest BCUT2D eigenvalue weighted by atomic mass is 35.5. The van der Waals surface area contributed by atoms with E-state index in [1.807, 2.05) is 18.3 Å². The maximum atomic E-state index is 6.45. The summed E-state index contributed by atoms with van der Waals surface area (Å²) in [7, 11) is 0. The number of nitrogens with zero attached hydrogens (tertiary/aromatic N) is 3. The lowest BCUT2D eigenvalue weighted by molar-refractivity contribution is 0.174. The van der Waals surface area contributed by atoms with Gasteiger partial charge in [-0.1, -0.05) is 11.6 Å². The summed E-state index contributed by atoms with van der Waals surface area (Å²) in [5.74, 6) is 1.46. The average Bonchev–Trinajstić information content (AvgIpc) is 3.08. The molecule has 4 heterocycles. The van der Waals surface area contributed by atoms with Gasteiger partial charge in [-0.05, 0) is 24.4 Å². The molecule has 0 saturated carbocycles. The maximum Gasteiger partial charge on any atom is 0.231 e. The first-order valence-electron chi connectivity index (χ1n) is 8.34. The van der Waals surface area contributed by atoms with E-state index in [0.29, 0.717) is 15.7 Å².